The lowest BCUT2D eigenvalue weighted by molar-refractivity contribution is -0.123. The third kappa shape index (κ3) is 4.13. The average molecular weight is 377 g/mol. The summed E-state index contributed by atoms with van der Waals surface area (Å²) in [7, 11) is 0. The average Bonchev–Trinajstić information content (AvgIpc) is 3.04. The van der Waals surface area contributed by atoms with E-state index in [1.165, 1.54) is 11.3 Å². The van der Waals surface area contributed by atoms with E-state index in [2.05, 4.69) is 10.6 Å². The molecule has 0 saturated heterocycles. The second-order valence-electron chi connectivity index (χ2n) is 5.90. The largest absolute Gasteiger partial charge is 0.452 e. The molecule has 0 unspecified atom stereocenters. The van der Waals surface area contributed by atoms with Crippen molar-refractivity contribution in [3.63, 3.8) is 0 Å². The van der Waals surface area contributed by atoms with E-state index in [0.717, 1.165) is 26.8 Å². The zero-order chi connectivity index (χ0) is 19.4. The zero-order valence-electron chi connectivity index (χ0n) is 15.6. The molecule has 0 saturated carbocycles. The van der Waals surface area contributed by atoms with Crippen LogP contribution in [0.15, 0.2) is 12.1 Å². The Morgan fingerprint density at radius 1 is 1.12 bits per heavy atom. The van der Waals surface area contributed by atoms with Crippen molar-refractivity contribution >= 4 is 29.2 Å². The first-order valence-corrected chi connectivity index (χ1v) is 9.08. The number of carbonyl (C=O) groups excluding carboxylic acids is 3. The lowest BCUT2D eigenvalue weighted by Crippen LogP contribution is -2.41. The Bertz CT molecular complexity index is 831. The van der Waals surface area contributed by atoms with Crippen LogP contribution >= 0.6 is 11.3 Å². The molecule has 0 fully saturated rings. The van der Waals surface area contributed by atoms with Crippen molar-refractivity contribution in [3.8, 4) is 5.00 Å². The molecule has 2 aromatic heterocycles. The summed E-state index contributed by atoms with van der Waals surface area (Å²) in [5.74, 6) is -1.26. The SMILES string of the molecule is CCNC(=O)NC(=O)COC(=O)c1c(-n2c(C)ccc2C)sc(C)c1C. The summed E-state index contributed by atoms with van der Waals surface area (Å²) < 4.78 is 7.14. The van der Waals surface area contributed by atoms with Crippen LogP contribution in [0, 0.1) is 27.7 Å². The van der Waals surface area contributed by atoms with Crippen molar-refractivity contribution < 1.29 is 19.1 Å². The first-order chi connectivity index (χ1) is 12.3. The van der Waals surface area contributed by atoms with Gasteiger partial charge in [-0.25, -0.2) is 9.59 Å². The highest BCUT2D eigenvalue weighted by Gasteiger charge is 2.24. The maximum Gasteiger partial charge on any atom is 0.341 e. The second kappa shape index (κ2) is 8.18. The zero-order valence-corrected chi connectivity index (χ0v) is 16.4. The van der Waals surface area contributed by atoms with Crippen molar-refractivity contribution in [1.29, 1.82) is 0 Å². The maximum atomic E-state index is 12.6. The number of ether oxygens (including phenoxy) is 1. The molecular formula is C18H23N3O4S. The second-order valence-corrected chi connectivity index (χ2v) is 7.10. The molecule has 0 aliphatic heterocycles. The third-order valence-corrected chi connectivity index (χ3v) is 5.16. The molecular weight excluding hydrogens is 354 g/mol. The Labute approximate surface area is 156 Å². The number of hydrogen-bond acceptors (Lipinski definition) is 5. The molecule has 7 nitrogen and oxygen atoms in total. The highest BCUT2D eigenvalue weighted by Crippen LogP contribution is 2.33. The van der Waals surface area contributed by atoms with Crippen LogP contribution in [0.25, 0.3) is 5.00 Å². The summed E-state index contributed by atoms with van der Waals surface area (Å²) >= 11 is 1.50. The fraction of sp³-hybridized carbons (Fsp3) is 0.389. The number of hydrogen-bond donors (Lipinski definition) is 2. The highest BCUT2D eigenvalue weighted by molar-refractivity contribution is 7.15. The highest BCUT2D eigenvalue weighted by atomic mass is 32.1. The number of nitrogens with one attached hydrogen (secondary N) is 2. The molecule has 8 heteroatoms. The molecule has 0 atom stereocenters. The third-order valence-electron chi connectivity index (χ3n) is 3.97. The van der Waals surface area contributed by atoms with E-state index in [0.29, 0.717) is 12.1 Å². The van der Waals surface area contributed by atoms with Crippen LogP contribution in [0.2, 0.25) is 0 Å². The van der Waals surface area contributed by atoms with Crippen LogP contribution < -0.4 is 10.6 Å². The molecule has 0 aromatic carbocycles. The topological polar surface area (TPSA) is 89.4 Å². The molecule has 2 rings (SSSR count). The van der Waals surface area contributed by atoms with Crippen LogP contribution in [0.1, 0.15) is 39.1 Å². The Balaban J connectivity index is 2.19. The number of urea groups is 1. The summed E-state index contributed by atoms with van der Waals surface area (Å²) in [6.45, 7) is 9.33. The molecule has 0 aliphatic carbocycles. The van der Waals surface area contributed by atoms with Gasteiger partial charge in [0.1, 0.15) is 5.00 Å². The monoisotopic (exact) mass is 377 g/mol. The normalized spacial score (nSPS) is 10.5. The van der Waals surface area contributed by atoms with Crippen molar-refractivity contribution in [2.45, 2.75) is 34.6 Å². The standard InChI is InChI=1S/C18H23N3O4S/c1-6-19-18(24)20-14(22)9-25-17(23)15-12(4)13(5)26-16(15)21-10(2)7-8-11(21)3/h7-8H,6,9H2,1-5H3,(H2,19,20,22,24). The van der Waals surface area contributed by atoms with E-state index in [9.17, 15) is 14.4 Å². The molecule has 2 N–H and O–H groups in total. The number of thiophene rings is 1. The van der Waals surface area contributed by atoms with Crippen molar-refractivity contribution in [1.82, 2.24) is 15.2 Å². The molecule has 2 heterocycles. The Kier molecular flexibility index (Phi) is 6.20. The van der Waals surface area contributed by atoms with Gasteiger partial charge in [0.15, 0.2) is 6.61 Å². The number of esters is 1. The lowest BCUT2D eigenvalue weighted by atomic mass is 10.1. The Hall–Kier alpha value is -2.61. The van der Waals surface area contributed by atoms with Gasteiger partial charge < -0.3 is 14.6 Å². The Morgan fingerprint density at radius 3 is 2.31 bits per heavy atom. The fourth-order valence-electron chi connectivity index (χ4n) is 2.57. The molecule has 2 aromatic rings. The van der Waals surface area contributed by atoms with Gasteiger partial charge in [0, 0.05) is 22.8 Å². The number of carbonyl (C=O) groups is 3. The molecule has 0 aliphatic rings. The number of imide groups is 1. The molecule has 3 amide bonds. The van der Waals surface area contributed by atoms with Crippen LogP contribution in [0.5, 0.6) is 0 Å². The van der Waals surface area contributed by atoms with E-state index < -0.39 is 24.5 Å². The van der Waals surface area contributed by atoms with Gasteiger partial charge in [-0.2, -0.15) is 0 Å². The van der Waals surface area contributed by atoms with Crippen molar-refractivity contribution in [2.24, 2.45) is 0 Å². The van der Waals surface area contributed by atoms with Crippen LogP contribution in [0.4, 0.5) is 4.79 Å². The number of aromatic nitrogens is 1. The number of nitrogens with zero attached hydrogens (tertiary/aromatic N) is 1. The van der Waals surface area contributed by atoms with Gasteiger partial charge in [0.05, 0.1) is 5.56 Å². The van der Waals surface area contributed by atoms with E-state index in [4.69, 9.17) is 4.74 Å². The number of rotatable bonds is 5. The van der Waals surface area contributed by atoms with Gasteiger partial charge in [-0.1, -0.05) is 0 Å². The summed E-state index contributed by atoms with van der Waals surface area (Å²) in [6.07, 6.45) is 0. The van der Waals surface area contributed by atoms with E-state index in [-0.39, 0.29) is 0 Å². The van der Waals surface area contributed by atoms with Gasteiger partial charge in [0.25, 0.3) is 5.91 Å². The Morgan fingerprint density at radius 2 is 1.73 bits per heavy atom. The number of amides is 3. The van der Waals surface area contributed by atoms with E-state index in [1.54, 1.807) is 6.92 Å². The predicted octanol–water partition coefficient (Wildman–Crippen LogP) is 2.77. The van der Waals surface area contributed by atoms with Crippen LogP contribution in [0.3, 0.4) is 0 Å². The smallest absolute Gasteiger partial charge is 0.341 e. The van der Waals surface area contributed by atoms with E-state index >= 15 is 0 Å². The van der Waals surface area contributed by atoms with Gasteiger partial charge >= 0.3 is 12.0 Å². The predicted molar refractivity (Wildman–Crippen MR) is 100 cm³/mol. The van der Waals surface area contributed by atoms with Crippen LogP contribution in [-0.4, -0.2) is 35.6 Å². The summed E-state index contributed by atoms with van der Waals surface area (Å²) in [5, 5.41) is 5.31. The first-order valence-electron chi connectivity index (χ1n) is 8.26. The van der Waals surface area contributed by atoms with Crippen molar-refractivity contribution in [3.05, 3.63) is 39.5 Å². The molecule has 0 radical (unpaired) electrons. The van der Waals surface area contributed by atoms with Gasteiger partial charge in [-0.15, -0.1) is 11.3 Å². The summed E-state index contributed by atoms with van der Waals surface area (Å²) in [4.78, 5) is 36.7. The molecule has 140 valence electrons. The minimum Gasteiger partial charge on any atom is -0.452 e. The van der Waals surface area contributed by atoms with Gasteiger partial charge in [-0.05, 0) is 52.3 Å². The molecule has 0 spiro atoms. The van der Waals surface area contributed by atoms with Gasteiger partial charge in [-0.3, -0.25) is 10.1 Å². The summed E-state index contributed by atoms with van der Waals surface area (Å²) in [6, 6.07) is 3.35. The minimum absolute atomic E-state index is 0.394. The maximum absolute atomic E-state index is 12.6. The van der Waals surface area contributed by atoms with E-state index in [1.807, 2.05) is 44.4 Å². The molecule has 26 heavy (non-hydrogen) atoms. The van der Waals surface area contributed by atoms with Gasteiger partial charge in [0.2, 0.25) is 0 Å². The number of aryl methyl sites for hydroxylation is 3. The lowest BCUT2D eigenvalue weighted by Gasteiger charge is -2.11. The van der Waals surface area contributed by atoms with Crippen LogP contribution in [-0.2, 0) is 9.53 Å². The molecule has 0 bridgehead atoms. The quantitative estimate of drug-likeness (QED) is 0.784. The van der Waals surface area contributed by atoms with Crippen molar-refractivity contribution in [2.75, 3.05) is 13.2 Å². The minimum atomic E-state index is -0.677. The summed E-state index contributed by atoms with van der Waals surface area (Å²) in [5.41, 5.74) is 3.28. The fourth-order valence-corrected chi connectivity index (χ4v) is 3.83. The first kappa shape index (κ1) is 19.7.